The van der Waals surface area contributed by atoms with Gasteiger partial charge in [0, 0.05) is 25.8 Å². The number of fused-ring (bicyclic) bond motifs is 3. The summed E-state index contributed by atoms with van der Waals surface area (Å²) < 4.78 is 2.20. The van der Waals surface area contributed by atoms with Crippen LogP contribution in [0, 0.1) is 12.8 Å². The zero-order valence-electron chi connectivity index (χ0n) is 13.9. The van der Waals surface area contributed by atoms with Gasteiger partial charge in [-0.3, -0.25) is 9.30 Å². The highest BCUT2D eigenvalue weighted by Crippen LogP contribution is 2.28. The van der Waals surface area contributed by atoms with E-state index in [1.807, 2.05) is 12.4 Å². The number of H-pyrrole nitrogens is 1. The van der Waals surface area contributed by atoms with Gasteiger partial charge in [0.25, 0.3) is 0 Å². The second kappa shape index (κ2) is 5.49. The summed E-state index contributed by atoms with van der Waals surface area (Å²) in [6.07, 6.45) is 7.24. The molecule has 4 heterocycles. The zero-order chi connectivity index (χ0) is 16.0. The third kappa shape index (κ3) is 2.45. The highest BCUT2D eigenvalue weighted by atomic mass is 15.1. The standard InChI is InChI=1S/C18H22N5/c1-12(2)11-22-8-5-14(6-9-22)17-16-10-20-18-15(4-7-19-18)23(16)13(3)21-17/h4-5,7,10,19H,6,8-9,11H2,1-3H3. The van der Waals surface area contributed by atoms with Crippen LogP contribution < -0.4 is 0 Å². The maximum atomic E-state index is 4.85. The number of hydrogen-bond acceptors (Lipinski definition) is 3. The first-order chi connectivity index (χ1) is 11.1. The summed E-state index contributed by atoms with van der Waals surface area (Å²) in [5.74, 6) is 2.48. The Bertz CT molecular complexity index is 883. The number of aromatic amines is 1. The second-order valence-corrected chi connectivity index (χ2v) is 6.62. The molecule has 0 atom stereocenters. The predicted molar refractivity (Wildman–Crippen MR) is 93.2 cm³/mol. The molecule has 5 nitrogen and oxygen atoms in total. The summed E-state index contributed by atoms with van der Waals surface area (Å²) in [6.45, 7) is 9.62. The number of nitrogens with zero attached hydrogens (tertiary/aromatic N) is 4. The second-order valence-electron chi connectivity index (χ2n) is 6.62. The highest BCUT2D eigenvalue weighted by molar-refractivity contribution is 5.82. The average molecular weight is 308 g/mol. The molecule has 0 unspecified atom stereocenters. The molecule has 3 aromatic rings. The van der Waals surface area contributed by atoms with Crippen molar-refractivity contribution in [2.45, 2.75) is 27.2 Å². The van der Waals surface area contributed by atoms with Gasteiger partial charge in [0.15, 0.2) is 5.65 Å². The van der Waals surface area contributed by atoms with Crippen molar-refractivity contribution in [1.82, 2.24) is 24.3 Å². The van der Waals surface area contributed by atoms with Crippen LogP contribution in [0.2, 0.25) is 0 Å². The van der Waals surface area contributed by atoms with Crippen LogP contribution in [0.1, 0.15) is 31.8 Å². The number of imidazole rings is 1. The molecule has 4 rings (SSSR count). The van der Waals surface area contributed by atoms with Crippen LogP contribution in [0.4, 0.5) is 0 Å². The minimum Gasteiger partial charge on any atom is -0.345 e. The zero-order valence-corrected chi connectivity index (χ0v) is 13.9. The minimum absolute atomic E-state index is 0.905. The molecule has 3 aromatic heterocycles. The van der Waals surface area contributed by atoms with Crippen molar-refractivity contribution in [2.24, 2.45) is 0 Å². The van der Waals surface area contributed by atoms with E-state index in [4.69, 9.17) is 4.98 Å². The van der Waals surface area contributed by atoms with Crippen LogP contribution in [0.25, 0.3) is 22.3 Å². The predicted octanol–water partition coefficient (Wildman–Crippen LogP) is 3.22. The monoisotopic (exact) mass is 308 g/mol. The molecule has 0 aromatic carbocycles. The average Bonchev–Trinajstić information content (AvgIpc) is 3.11. The summed E-state index contributed by atoms with van der Waals surface area (Å²) in [5, 5.41) is 0. The van der Waals surface area contributed by atoms with Gasteiger partial charge in [-0.05, 0) is 30.9 Å². The molecular formula is C18H22N5. The van der Waals surface area contributed by atoms with Crippen molar-refractivity contribution in [1.29, 1.82) is 0 Å². The van der Waals surface area contributed by atoms with E-state index in [1.54, 1.807) is 0 Å². The van der Waals surface area contributed by atoms with Crippen molar-refractivity contribution >= 4 is 22.3 Å². The van der Waals surface area contributed by atoms with E-state index in [0.29, 0.717) is 0 Å². The maximum absolute atomic E-state index is 4.85. The third-order valence-corrected chi connectivity index (χ3v) is 4.48. The van der Waals surface area contributed by atoms with Gasteiger partial charge in [-0.2, -0.15) is 0 Å². The van der Waals surface area contributed by atoms with Crippen LogP contribution in [-0.2, 0) is 0 Å². The van der Waals surface area contributed by atoms with Crippen LogP contribution in [-0.4, -0.2) is 43.9 Å². The summed E-state index contributed by atoms with van der Waals surface area (Å²) >= 11 is 0. The molecule has 5 heteroatoms. The van der Waals surface area contributed by atoms with E-state index >= 15 is 0 Å². The summed E-state index contributed by atoms with van der Waals surface area (Å²) in [5.41, 5.74) is 5.54. The molecule has 0 saturated carbocycles. The van der Waals surface area contributed by atoms with Crippen LogP contribution in [0.15, 0.2) is 24.5 Å². The Morgan fingerprint density at radius 3 is 2.91 bits per heavy atom. The lowest BCUT2D eigenvalue weighted by molar-refractivity contribution is 0.313. The van der Waals surface area contributed by atoms with E-state index < -0.39 is 0 Å². The van der Waals surface area contributed by atoms with Crippen molar-refractivity contribution < 1.29 is 0 Å². The Morgan fingerprint density at radius 1 is 1.30 bits per heavy atom. The van der Waals surface area contributed by atoms with Gasteiger partial charge in [0.1, 0.15) is 5.82 Å². The molecule has 1 aliphatic heterocycles. The van der Waals surface area contributed by atoms with Crippen LogP contribution >= 0.6 is 0 Å². The Labute approximate surface area is 136 Å². The fourth-order valence-electron chi connectivity index (χ4n) is 3.49. The number of aryl methyl sites for hydroxylation is 1. The summed E-state index contributed by atoms with van der Waals surface area (Å²) in [4.78, 5) is 15.0. The van der Waals surface area contributed by atoms with Crippen molar-refractivity contribution in [2.75, 3.05) is 19.6 Å². The SMILES string of the molecule is C[C](C)CN1CC=C(c2nc(C)n3c2cnc2[nH]ccc23)CC1. The summed E-state index contributed by atoms with van der Waals surface area (Å²) in [6, 6.07) is 2.06. The van der Waals surface area contributed by atoms with E-state index in [9.17, 15) is 0 Å². The number of rotatable bonds is 3. The lowest BCUT2D eigenvalue weighted by Gasteiger charge is -2.27. The smallest absolute Gasteiger partial charge is 0.154 e. The molecule has 23 heavy (non-hydrogen) atoms. The van der Waals surface area contributed by atoms with Gasteiger partial charge in [-0.25, -0.2) is 9.97 Å². The highest BCUT2D eigenvalue weighted by Gasteiger charge is 2.19. The lowest BCUT2D eigenvalue weighted by atomic mass is 10.0. The first-order valence-electron chi connectivity index (χ1n) is 8.15. The van der Waals surface area contributed by atoms with Gasteiger partial charge >= 0.3 is 0 Å². The topological polar surface area (TPSA) is 49.2 Å². The van der Waals surface area contributed by atoms with Gasteiger partial charge in [-0.1, -0.05) is 19.9 Å². The van der Waals surface area contributed by atoms with Crippen LogP contribution in [0.5, 0.6) is 0 Å². The molecule has 0 saturated heterocycles. The van der Waals surface area contributed by atoms with Gasteiger partial charge < -0.3 is 4.98 Å². The largest absolute Gasteiger partial charge is 0.345 e. The van der Waals surface area contributed by atoms with Crippen molar-refractivity contribution in [3.8, 4) is 0 Å². The molecule has 0 aliphatic carbocycles. The van der Waals surface area contributed by atoms with E-state index in [2.05, 4.69) is 52.2 Å². The quantitative estimate of drug-likeness (QED) is 0.808. The van der Waals surface area contributed by atoms with Crippen LogP contribution in [0.3, 0.4) is 0 Å². The van der Waals surface area contributed by atoms with Gasteiger partial charge in [0.2, 0.25) is 0 Å². The van der Waals surface area contributed by atoms with Crippen molar-refractivity contribution in [3.05, 3.63) is 42.0 Å². The van der Waals surface area contributed by atoms with E-state index in [0.717, 1.165) is 54.3 Å². The Morgan fingerprint density at radius 2 is 2.17 bits per heavy atom. The Balaban J connectivity index is 1.74. The first-order valence-corrected chi connectivity index (χ1v) is 8.15. The molecule has 0 amide bonds. The van der Waals surface area contributed by atoms with Gasteiger partial charge in [0.05, 0.1) is 22.9 Å². The molecule has 1 N–H and O–H groups in total. The maximum Gasteiger partial charge on any atom is 0.154 e. The molecule has 119 valence electrons. The number of aromatic nitrogens is 4. The normalized spacial score (nSPS) is 16.6. The number of hydrogen-bond donors (Lipinski definition) is 1. The van der Waals surface area contributed by atoms with Crippen molar-refractivity contribution in [3.63, 3.8) is 0 Å². The third-order valence-electron chi connectivity index (χ3n) is 4.48. The molecule has 1 aliphatic rings. The Hall–Kier alpha value is -2.14. The fourth-order valence-corrected chi connectivity index (χ4v) is 3.49. The molecule has 0 spiro atoms. The van der Waals surface area contributed by atoms with E-state index in [1.165, 1.54) is 11.5 Å². The lowest BCUT2D eigenvalue weighted by Crippen LogP contribution is -2.31. The molecular weight excluding hydrogens is 286 g/mol. The Kier molecular flexibility index (Phi) is 3.45. The molecule has 0 fully saturated rings. The minimum atomic E-state index is 0.905. The molecule has 1 radical (unpaired) electrons. The summed E-state index contributed by atoms with van der Waals surface area (Å²) in [7, 11) is 0. The van der Waals surface area contributed by atoms with Gasteiger partial charge in [-0.15, -0.1) is 0 Å². The fraction of sp³-hybridized carbons (Fsp3) is 0.389. The van der Waals surface area contributed by atoms with E-state index in [-0.39, 0.29) is 0 Å². The first kappa shape index (κ1) is 14.5. The number of nitrogens with one attached hydrogen (secondary N) is 1. The molecule has 0 bridgehead atoms.